The molecular weight excluding hydrogens is 775 g/mol. The molecule has 298 valence electrons. The van der Waals surface area contributed by atoms with Gasteiger partial charge in [0.25, 0.3) is 0 Å². The first-order chi connectivity index (χ1) is 31.7. The topological polar surface area (TPSA) is 38.7 Å². The molecule has 12 rings (SSSR count). The standard InChI is InChI=1S/C61H39N3/c1-3-16-40(17-4-1)44-20-13-23-47(36-44)56-39-57(64-61(63-56)49-25-15-22-46(38-49)41-18-5-2-6-19-41)48-24-14-21-45(37-48)42-32-34-43(35-33-42)60-59-53-29-10-8-27-51(53)50-26-7-9-28-52(50)58(59)54-30-11-12-31-55(54)62-60/h1-39H. The molecule has 0 spiro atoms. The summed E-state index contributed by atoms with van der Waals surface area (Å²) >= 11 is 0. The number of pyridine rings is 1. The van der Waals surface area contributed by atoms with Gasteiger partial charge in [-0.3, -0.25) is 0 Å². The van der Waals surface area contributed by atoms with Crippen LogP contribution in [0.1, 0.15) is 0 Å². The van der Waals surface area contributed by atoms with E-state index in [1.165, 1.54) is 43.3 Å². The predicted molar refractivity (Wildman–Crippen MR) is 268 cm³/mol. The molecule has 3 nitrogen and oxygen atoms in total. The zero-order valence-corrected chi connectivity index (χ0v) is 34.9. The second kappa shape index (κ2) is 15.7. The van der Waals surface area contributed by atoms with Crippen molar-refractivity contribution in [3.63, 3.8) is 0 Å². The van der Waals surface area contributed by atoms with E-state index in [2.05, 4.69) is 231 Å². The Balaban J connectivity index is 0.971. The molecule has 0 amide bonds. The molecule has 0 unspecified atom stereocenters. The van der Waals surface area contributed by atoms with Crippen LogP contribution in [0.5, 0.6) is 0 Å². The summed E-state index contributed by atoms with van der Waals surface area (Å²) in [5.74, 6) is 0.681. The van der Waals surface area contributed by atoms with Crippen molar-refractivity contribution >= 4 is 43.2 Å². The van der Waals surface area contributed by atoms with Gasteiger partial charge < -0.3 is 0 Å². The van der Waals surface area contributed by atoms with E-state index < -0.39 is 0 Å². The van der Waals surface area contributed by atoms with Gasteiger partial charge in [0.2, 0.25) is 0 Å². The fraction of sp³-hybridized carbons (Fsp3) is 0. The van der Waals surface area contributed by atoms with Crippen LogP contribution in [0.4, 0.5) is 0 Å². The molecule has 2 heterocycles. The third-order valence-corrected chi connectivity index (χ3v) is 12.4. The number of aromatic nitrogens is 3. The summed E-state index contributed by atoms with van der Waals surface area (Å²) in [5.41, 5.74) is 14.6. The summed E-state index contributed by atoms with van der Waals surface area (Å²) in [4.78, 5) is 15.9. The minimum Gasteiger partial charge on any atom is -0.247 e. The molecule has 0 fully saturated rings. The number of rotatable bonds is 7. The maximum absolute atomic E-state index is 5.38. The number of para-hydroxylation sites is 1. The molecule has 0 aliphatic carbocycles. The van der Waals surface area contributed by atoms with Crippen molar-refractivity contribution in [2.45, 2.75) is 0 Å². The molecule has 12 aromatic rings. The van der Waals surface area contributed by atoms with Crippen molar-refractivity contribution in [3.05, 3.63) is 237 Å². The van der Waals surface area contributed by atoms with Gasteiger partial charge in [-0.25, -0.2) is 15.0 Å². The van der Waals surface area contributed by atoms with E-state index in [1.807, 2.05) is 6.07 Å². The Morgan fingerprint density at radius 3 is 1.17 bits per heavy atom. The summed E-state index contributed by atoms with van der Waals surface area (Å²) in [6, 6.07) is 83.9. The van der Waals surface area contributed by atoms with Crippen molar-refractivity contribution in [1.29, 1.82) is 0 Å². The molecule has 3 heteroatoms. The lowest BCUT2D eigenvalue weighted by atomic mass is 9.89. The SMILES string of the molecule is c1ccc(-c2cccc(-c3cc(-c4cccc(-c5ccc(-c6nc7ccccc7c7c8ccccc8c8ccccc8c67)cc5)c4)nc(-c4cccc(-c5ccccc5)c4)n3)c2)cc1. The molecule has 0 N–H and O–H groups in total. The summed E-state index contributed by atoms with van der Waals surface area (Å²) in [6.07, 6.45) is 0. The van der Waals surface area contributed by atoms with Crippen molar-refractivity contribution in [1.82, 2.24) is 15.0 Å². The maximum Gasteiger partial charge on any atom is 0.160 e. The Hall–Kier alpha value is -8.53. The van der Waals surface area contributed by atoms with Gasteiger partial charge in [-0.2, -0.15) is 0 Å². The highest BCUT2D eigenvalue weighted by Gasteiger charge is 2.18. The minimum absolute atomic E-state index is 0.681. The number of hydrogen-bond acceptors (Lipinski definition) is 3. The molecular formula is C61H39N3. The lowest BCUT2D eigenvalue weighted by Crippen LogP contribution is -1.96. The second-order valence-electron chi connectivity index (χ2n) is 16.3. The van der Waals surface area contributed by atoms with E-state index in [4.69, 9.17) is 15.0 Å². The fourth-order valence-corrected chi connectivity index (χ4v) is 9.34. The van der Waals surface area contributed by atoms with Crippen molar-refractivity contribution < 1.29 is 0 Å². The maximum atomic E-state index is 5.38. The lowest BCUT2D eigenvalue weighted by Gasteiger charge is -2.16. The Kier molecular flexibility index (Phi) is 9.16. The van der Waals surface area contributed by atoms with Gasteiger partial charge in [0, 0.05) is 38.4 Å². The molecule has 0 aliphatic heterocycles. The van der Waals surface area contributed by atoms with E-state index >= 15 is 0 Å². The monoisotopic (exact) mass is 813 g/mol. The number of fused-ring (bicyclic) bond motifs is 8. The van der Waals surface area contributed by atoms with Crippen molar-refractivity contribution in [2.75, 3.05) is 0 Å². The average Bonchev–Trinajstić information content (AvgIpc) is 3.39. The van der Waals surface area contributed by atoms with Gasteiger partial charge in [0.05, 0.1) is 22.6 Å². The van der Waals surface area contributed by atoms with Crippen LogP contribution in [0.3, 0.4) is 0 Å². The molecule has 0 atom stereocenters. The molecule has 10 aromatic carbocycles. The van der Waals surface area contributed by atoms with Gasteiger partial charge in [0.1, 0.15) is 0 Å². The van der Waals surface area contributed by atoms with Gasteiger partial charge in [-0.15, -0.1) is 0 Å². The van der Waals surface area contributed by atoms with Crippen LogP contribution in [-0.2, 0) is 0 Å². The first kappa shape index (κ1) is 37.2. The van der Waals surface area contributed by atoms with Gasteiger partial charge in [-0.05, 0) is 85.3 Å². The molecule has 64 heavy (non-hydrogen) atoms. The molecule has 0 radical (unpaired) electrons. The number of benzene rings is 10. The molecule has 0 saturated carbocycles. The van der Waals surface area contributed by atoms with Crippen molar-refractivity contribution in [3.8, 4) is 78.5 Å². The van der Waals surface area contributed by atoms with Crippen molar-refractivity contribution in [2.24, 2.45) is 0 Å². The Labute approximate surface area is 371 Å². The van der Waals surface area contributed by atoms with Crippen LogP contribution in [0.2, 0.25) is 0 Å². The van der Waals surface area contributed by atoms with Gasteiger partial charge >= 0.3 is 0 Å². The smallest absolute Gasteiger partial charge is 0.160 e. The fourth-order valence-electron chi connectivity index (χ4n) is 9.34. The van der Waals surface area contributed by atoms with E-state index in [0.29, 0.717) is 5.82 Å². The Morgan fingerprint density at radius 2 is 0.609 bits per heavy atom. The first-order valence-electron chi connectivity index (χ1n) is 21.8. The average molecular weight is 814 g/mol. The minimum atomic E-state index is 0.681. The molecule has 0 bridgehead atoms. The van der Waals surface area contributed by atoms with E-state index in [0.717, 1.165) is 72.7 Å². The zero-order valence-electron chi connectivity index (χ0n) is 34.9. The highest BCUT2D eigenvalue weighted by Crippen LogP contribution is 2.43. The second-order valence-corrected chi connectivity index (χ2v) is 16.3. The molecule has 0 aliphatic rings. The van der Waals surface area contributed by atoms with E-state index in [9.17, 15) is 0 Å². The first-order valence-corrected chi connectivity index (χ1v) is 21.8. The van der Waals surface area contributed by atoms with Crippen LogP contribution < -0.4 is 0 Å². The van der Waals surface area contributed by atoms with E-state index in [1.54, 1.807) is 0 Å². The molecule has 0 saturated heterocycles. The van der Waals surface area contributed by atoms with Crippen LogP contribution in [0, 0.1) is 0 Å². The van der Waals surface area contributed by atoms with Crippen LogP contribution in [0.25, 0.3) is 122 Å². The third-order valence-electron chi connectivity index (χ3n) is 12.4. The summed E-state index contributed by atoms with van der Waals surface area (Å²) < 4.78 is 0. The third kappa shape index (κ3) is 6.68. The number of nitrogens with zero attached hydrogens (tertiary/aromatic N) is 3. The quantitative estimate of drug-likeness (QED) is 0.150. The Bertz CT molecular complexity index is 3610. The van der Waals surface area contributed by atoms with Crippen LogP contribution in [-0.4, -0.2) is 15.0 Å². The van der Waals surface area contributed by atoms with E-state index in [-0.39, 0.29) is 0 Å². The van der Waals surface area contributed by atoms with Crippen LogP contribution >= 0.6 is 0 Å². The Morgan fingerprint density at radius 1 is 0.219 bits per heavy atom. The molecule has 2 aromatic heterocycles. The number of hydrogen-bond donors (Lipinski definition) is 0. The summed E-state index contributed by atoms with van der Waals surface area (Å²) in [6.45, 7) is 0. The summed E-state index contributed by atoms with van der Waals surface area (Å²) in [7, 11) is 0. The highest BCUT2D eigenvalue weighted by molar-refractivity contribution is 6.33. The van der Waals surface area contributed by atoms with Gasteiger partial charge in [-0.1, -0.05) is 206 Å². The van der Waals surface area contributed by atoms with Gasteiger partial charge in [0.15, 0.2) is 5.82 Å². The summed E-state index contributed by atoms with van der Waals surface area (Å²) in [5, 5.41) is 8.54. The normalized spacial score (nSPS) is 11.4. The largest absolute Gasteiger partial charge is 0.247 e. The highest BCUT2D eigenvalue weighted by atomic mass is 14.9. The zero-order chi connectivity index (χ0) is 42.4. The van der Waals surface area contributed by atoms with Crippen LogP contribution in [0.15, 0.2) is 237 Å². The lowest BCUT2D eigenvalue weighted by molar-refractivity contribution is 1.18. The predicted octanol–water partition coefficient (Wildman–Crippen LogP) is 16.2.